The molecule has 1 amide bonds. The van der Waals surface area contributed by atoms with Crippen LogP contribution in [0.15, 0.2) is 87.5 Å². The number of hydrogen-bond acceptors (Lipinski definition) is 5. The van der Waals surface area contributed by atoms with Gasteiger partial charge in [0, 0.05) is 11.9 Å². The highest BCUT2D eigenvalue weighted by molar-refractivity contribution is 7.91. The molecule has 0 aliphatic rings. The van der Waals surface area contributed by atoms with Crippen LogP contribution in [0.4, 0.5) is 5.69 Å². The zero-order chi connectivity index (χ0) is 25.2. The van der Waals surface area contributed by atoms with Crippen molar-refractivity contribution < 1.29 is 17.9 Å². The lowest BCUT2D eigenvalue weighted by atomic mass is 10.1. The summed E-state index contributed by atoms with van der Waals surface area (Å²) in [6, 6.07) is 18.6. The zero-order valence-corrected chi connectivity index (χ0v) is 20.6. The Kier molecular flexibility index (Phi) is 6.75. The lowest BCUT2D eigenvalue weighted by molar-refractivity contribution is -0.116. The molecule has 0 atom stereocenters. The maximum absolute atomic E-state index is 13.4. The fraction of sp³-hybridized carbons (Fsp3) is 0.185. The van der Waals surface area contributed by atoms with Crippen LogP contribution in [0.5, 0.6) is 5.75 Å². The zero-order valence-electron chi connectivity index (χ0n) is 19.7. The molecule has 180 valence electrons. The molecule has 1 N–H and O–H groups in total. The average Bonchev–Trinajstić information content (AvgIpc) is 2.86. The molecule has 1 aromatic heterocycles. The molecule has 4 rings (SSSR count). The van der Waals surface area contributed by atoms with Crippen LogP contribution in [-0.2, 0) is 27.6 Å². The molecule has 0 aliphatic heterocycles. The maximum Gasteiger partial charge on any atom is 0.244 e. The van der Waals surface area contributed by atoms with Gasteiger partial charge < -0.3 is 14.6 Å². The molecule has 4 aromatic rings. The number of carbonyl (C=O) groups excluding carboxylic acids is 1. The predicted octanol–water partition coefficient (Wildman–Crippen LogP) is 4.35. The summed E-state index contributed by atoms with van der Waals surface area (Å²) in [5.74, 6) is 0.0557. The molecular formula is C27H26N2O5S. The van der Waals surface area contributed by atoms with E-state index in [4.69, 9.17) is 4.74 Å². The minimum absolute atomic E-state index is 0.00876. The van der Waals surface area contributed by atoms with Crippen LogP contribution in [-0.4, -0.2) is 26.0 Å². The van der Waals surface area contributed by atoms with E-state index in [1.807, 2.05) is 38.1 Å². The highest BCUT2D eigenvalue weighted by Crippen LogP contribution is 2.24. The number of amides is 1. The quantitative estimate of drug-likeness (QED) is 0.416. The molecule has 0 bridgehead atoms. The number of methoxy groups -OCH3 is 1. The van der Waals surface area contributed by atoms with E-state index in [1.165, 1.54) is 36.1 Å². The number of anilines is 1. The molecule has 0 unspecified atom stereocenters. The van der Waals surface area contributed by atoms with E-state index >= 15 is 0 Å². The van der Waals surface area contributed by atoms with Crippen molar-refractivity contribution in [3.8, 4) is 5.75 Å². The van der Waals surface area contributed by atoms with Gasteiger partial charge in [0.25, 0.3) is 0 Å². The average molecular weight is 491 g/mol. The lowest BCUT2D eigenvalue weighted by Gasteiger charge is -2.15. The molecular weight excluding hydrogens is 464 g/mol. The van der Waals surface area contributed by atoms with Gasteiger partial charge in [-0.05, 0) is 61.4 Å². The summed E-state index contributed by atoms with van der Waals surface area (Å²) in [7, 11) is -2.67. The van der Waals surface area contributed by atoms with Crippen molar-refractivity contribution in [2.45, 2.75) is 36.6 Å². The Morgan fingerprint density at radius 1 is 1.00 bits per heavy atom. The van der Waals surface area contributed by atoms with Gasteiger partial charge in [-0.3, -0.25) is 9.59 Å². The number of aryl methyl sites for hydroxylation is 2. The summed E-state index contributed by atoms with van der Waals surface area (Å²) in [4.78, 5) is 25.8. The number of carbonyl (C=O) groups is 1. The highest BCUT2D eigenvalue weighted by Gasteiger charge is 2.24. The Labute approximate surface area is 203 Å². The first-order valence-electron chi connectivity index (χ1n) is 11.1. The van der Waals surface area contributed by atoms with Gasteiger partial charge in [-0.1, -0.05) is 36.8 Å². The highest BCUT2D eigenvalue weighted by atomic mass is 32.2. The molecule has 1 heterocycles. The Balaban J connectivity index is 1.80. The van der Waals surface area contributed by atoms with Gasteiger partial charge in [0.15, 0.2) is 0 Å². The van der Waals surface area contributed by atoms with E-state index in [0.717, 1.165) is 17.5 Å². The van der Waals surface area contributed by atoms with Crippen molar-refractivity contribution in [3.63, 3.8) is 0 Å². The number of pyridine rings is 1. The van der Waals surface area contributed by atoms with Crippen LogP contribution in [0.2, 0.25) is 0 Å². The second kappa shape index (κ2) is 9.76. The number of nitrogens with one attached hydrogen (secondary N) is 1. The lowest BCUT2D eigenvalue weighted by Crippen LogP contribution is -2.24. The fourth-order valence-electron chi connectivity index (χ4n) is 3.82. The predicted molar refractivity (Wildman–Crippen MR) is 136 cm³/mol. The summed E-state index contributed by atoms with van der Waals surface area (Å²) in [6.07, 6.45) is 2.13. The number of nitrogens with zero attached hydrogens (tertiary/aromatic N) is 1. The summed E-state index contributed by atoms with van der Waals surface area (Å²) in [5.41, 5.74) is 2.45. The van der Waals surface area contributed by atoms with Crippen molar-refractivity contribution >= 4 is 32.3 Å². The smallest absolute Gasteiger partial charge is 0.244 e. The van der Waals surface area contributed by atoms with Crippen LogP contribution in [0.3, 0.4) is 0 Å². The van der Waals surface area contributed by atoms with E-state index in [2.05, 4.69) is 5.32 Å². The minimum atomic E-state index is -4.13. The van der Waals surface area contributed by atoms with Crippen LogP contribution >= 0.6 is 0 Å². The Hall–Kier alpha value is -3.91. The molecule has 0 saturated heterocycles. The number of hydrogen-bond donors (Lipinski definition) is 1. The molecule has 0 spiro atoms. The largest absolute Gasteiger partial charge is 0.497 e. The van der Waals surface area contributed by atoms with Gasteiger partial charge in [0.05, 0.1) is 22.9 Å². The first-order chi connectivity index (χ1) is 16.7. The Morgan fingerprint density at radius 2 is 1.69 bits per heavy atom. The Bertz CT molecular complexity index is 1550. The molecule has 0 fully saturated rings. The standard InChI is InChI=1S/C27H26N2O5S/c1-4-19-7-9-20(10-8-19)28-26(30)17-29-16-25(35(32,33)22-12-5-18(2)6-13-22)27(31)23-15-21(34-3)11-14-24(23)29/h5-16H,4,17H2,1-3H3,(H,28,30). The first kappa shape index (κ1) is 24.2. The normalized spacial score (nSPS) is 11.4. The second-order valence-electron chi connectivity index (χ2n) is 8.25. The molecule has 8 heteroatoms. The van der Waals surface area contributed by atoms with Crippen LogP contribution in [0, 0.1) is 6.92 Å². The summed E-state index contributed by atoms with van der Waals surface area (Å²) in [6.45, 7) is 3.71. The van der Waals surface area contributed by atoms with E-state index in [-0.39, 0.29) is 22.7 Å². The van der Waals surface area contributed by atoms with Gasteiger partial charge in [-0.2, -0.15) is 0 Å². The van der Waals surface area contributed by atoms with Gasteiger partial charge in [0.1, 0.15) is 17.2 Å². The minimum Gasteiger partial charge on any atom is -0.497 e. The van der Waals surface area contributed by atoms with E-state index < -0.39 is 20.2 Å². The molecule has 0 radical (unpaired) electrons. The molecule has 0 saturated carbocycles. The van der Waals surface area contributed by atoms with Crippen LogP contribution in [0.1, 0.15) is 18.1 Å². The monoisotopic (exact) mass is 490 g/mol. The number of aromatic nitrogens is 1. The molecule has 7 nitrogen and oxygen atoms in total. The first-order valence-corrected chi connectivity index (χ1v) is 12.6. The van der Waals surface area contributed by atoms with Crippen molar-refractivity contribution in [2.75, 3.05) is 12.4 Å². The number of ether oxygens (including phenoxy) is 1. The number of sulfone groups is 1. The van der Waals surface area contributed by atoms with E-state index in [1.54, 1.807) is 24.3 Å². The third kappa shape index (κ3) is 4.97. The number of fused-ring (bicyclic) bond motifs is 1. The van der Waals surface area contributed by atoms with Crippen molar-refractivity contribution in [3.05, 3.63) is 94.3 Å². The molecule has 35 heavy (non-hydrogen) atoms. The van der Waals surface area contributed by atoms with Crippen molar-refractivity contribution in [2.24, 2.45) is 0 Å². The van der Waals surface area contributed by atoms with Gasteiger partial charge in [-0.15, -0.1) is 0 Å². The van der Waals surface area contributed by atoms with Crippen molar-refractivity contribution in [1.82, 2.24) is 4.57 Å². The van der Waals surface area contributed by atoms with Gasteiger partial charge >= 0.3 is 0 Å². The van der Waals surface area contributed by atoms with Crippen LogP contribution < -0.4 is 15.5 Å². The van der Waals surface area contributed by atoms with Crippen molar-refractivity contribution in [1.29, 1.82) is 0 Å². The van der Waals surface area contributed by atoms with Gasteiger partial charge in [-0.25, -0.2) is 8.42 Å². The third-order valence-corrected chi connectivity index (χ3v) is 7.60. The Morgan fingerprint density at radius 3 is 2.31 bits per heavy atom. The van der Waals surface area contributed by atoms with E-state index in [0.29, 0.717) is 17.0 Å². The summed E-state index contributed by atoms with van der Waals surface area (Å²) < 4.78 is 33.5. The summed E-state index contributed by atoms with van der Waals surface area (Å²) in [5, 5.41) is 2.98. The fourth-order valence-corrected chi connectivity index (χ4v) is 5.19. The van der Waals surface area contributed by atoms with Gasteiger partial charge in [0.2, 0.25) is 21.2 Å². The SMILES string of the molecule is CCc1ccc(NC(=O)Cn2cc(S(=O)(=O)c3ccc(C)cc3)c(=O)c3cc(OC)ccc32)cc1. The molecule has 0 aliphatic carbocycles. The van der Waals surface area contributed by atoms with Crippen LogP contribution in [0.25, 0.3) is 10.9 Å². The number of benzene rings is 3. The summed E-state index contributed by atoms with van der Waals surface area (Å²) >= 11 is 0. The van der Waals surface area contributed by atoms with E-state index in [9.17, 15) is 18.0 Å². The third-order valence-electron chi connectivity index (χ3n) is 5.84. The molecule has 3 aromatic carbocycles. The second-order valence-corrected chi connectivity index (χ2v) is 10.2. The topological polar surface area (TPSA) is 94.5 Å². The number of rotatable bonds is 7. The maximum atomic E-state index is 13.4.